The van der Waals surface area contributed by atoms with Crippen molar-refractivity contribution in [3.05, 3.63) is 35.4 Å². The van der Waals surface area contributed by atoms with Crippen LogP contribution >= 0.6 is 0 Å². The van der Waals surface area contributed by atoms with Gasteiger partial charge in [0.1, 0.15) is 17.9 Å². The van der Waals surface area contributed by atoms with Gasteiger partial charge in [0.15, 0.2) is 0 Å². The zero-order chi connectivity index (χ0) is 14.5. The molecule has 1 saturated heterocycles. The average Bonchev–Trinajstić information content (AvgIpc) is 2.41. The highest BCUT2D eigenvalue weighted by atomic mass is 16.5. The van der Waals surface area contributed by atoms with Crippen LogP contribution in [0.15, 0.2) is 29.8 Å². The molecule has 1 aromatic carbocycles. The van der Waals surface area contributed by atoms with Gasteiger partial charge in [-0.25, -0.2) is 4.79 Å². The number of nitrogens with one attached hydrogen (secondary N) is 2. The minimum absolute atomic E-state index is 0.0665. The molecule has 0 spiro atoms. The van der Waals surface area contributed by atoms with Gasteiger partial charge in [0.2, 0.25) is 0 Å². The van der Waals surface area contributed by atoms with Crippen molar-refractivity contribution >= 4 is 23.9 Å². The molecule has 4 amide bonds. The minimum atomic E-state index is -0.839. The summed E-state index contributed by atoms with van der Waals surface area (Å²) in [6.07, 6.45) is 6.45. The van der Waals surface area contributed by atoms with Crippen molar-refractivity contribution in [1.82, 2.24) is 10.6 Å². The third-order valence-electron chi connectivity index (χ3n) is 2.47. The van der Waals surface area contributed by atoms with Crippen molar-refractivity contribution in [3.63, 3.8) is 0 Å². The second kappa shape index (κ2) is 5.71. The number of ether oxygens (including phenoxy) is 1. The first-order valence-corrected chi connectivity index (χ1v) is 5.65. The molecule has 0 atom stereocenters. The zero-order valence-electron chi connectivity index (χ0n) is 10.3. The predicted molar refractivity (Wildman–Crippen MR) is 70.4 cm³/mol. The number of terminal acetylenes is 1. The van der Waals surface area contributed by atoms with E-state index < -0.39 is 17.8 Å². The fraction of sp³-hybridized carbons (Fsp3) is 0.0714. The number of hydrogen-bond acceptors (Lipinski definition) is 4. The van der Waals surface area contributed by atoms with E-state index in [1.54, 1.807) is 24.3 Å². The third-order valence-corrected chi connectivity index (χ3v) is 2.47. The molecule has 1 heterocycles. The quantitative estimate of drug-likeness (QED) is 0.474. The lowest BCUT2D eigenvalue weighted by molar-refractivity contribution is -0.123. The molecular weight excluding hydrogens is 260 g/mol. The van der Waals surface area contributed by atoms with Crippen LogP contribution in [0.25, 0.3) is 6.08 Å². The molecule has 6 heteroatoms. The van der Waals surface area contributed by atoms with Crippen molar-refractivity contribution < 1.29 is 19.1 Å². The molecule has 100 valence electrons. The van der Waals surface area contributed by atoms with Crippen molar-refractivity contribution in [3.8, 4) is 18.1 Å². The smallest absolute Gasteiger partial charge is 0.328 e. The SMILES string of the molecule is C#CCOc1ccccc1C=C1C(=O)NC(=O)NC1=O. The molecule has 6 nitrogen and oxygen atoms in total. The van der Waals surface area contributed by atoms with Crippen LogP contribution in [-0.2, 0) is 9.59 Å². The Morgan fingerprint density at radius 2 is 1.80 bits per heavy atom. The molecule has 0 aromatic heterocycles. The summed E-state index contributed by atoms with van der Waals surface area (Å²) in [5.74, 6) is 1.25. The number of hydrogen-bond donors (Lipinski definition) is 2. The Bertz CT molecular complexity index is 633. The molecule has 0 bridgehead atoms. The van der Waals surface area contributed by atoms with E-state index in [4.69, 9.17) is 11.2 Å². The topological polar surface area (TPSA) is 84.5 Å². The molecule has 0 unspecified atom stereocenters. The van der Waals surface area contributed by atoms with Crippen molar-refractivity contribution in [2.75, 3.05) is 6.61 Å². The van der Waals surface area contributed by atoms with E-state index in [1.165, 1.54) is 6.08 Å². The molecule has 0 saturated carbocycles. The zero-order valence-corrected chi connectivity index (χ0v) is 10.3. The number of benzene rings is 1. The van der Waals surface area contributed by atoms with Gasteiger partial charge >= 0.3 is 6.03 Å². The number of barbiturate groups is 1. The molecule has 20 heavy (non-hydrogen) atoms. The van der Waals surface area contributed by atoms with Crippen LogP contribution in [0.3, 0.4) is 0 Å². The van der Waals surface area contributed by atoms with Gasteiger partial charge in [0.25, 0.3) is 11.8 Å². The Morgan fingerprint density at radius 3 is 2.45 bits per heavy atom. The lowest BCUT2D eigenvalue weighted by atomic mass is 10.1. The lowest BCUT2D eigenvalue weighted by Gasteiger charge is -2.14. The Balaban J connectivity index is 2.35. The van der Waals surface area contributed by atoms with E-state index in [1.807, 2.05) is 10.6 Å². The summed E-state index contributed by atoms with van der Waals surface area (Å²) >= 11 is 0. The van der Waals surface area contributed by atoms with Crippen LogP contribution in [0.5, 0.6) is 5.75 Å². The number of urea groups is 1. The first kappa shape index (κ1) is 13.4. The first-order valence-electron chi connectivity index (χ1n) is 5.65. The van der Waals surface area contributed by atoms with Gasteiger partial charge < -0.3 is 4.74 Å². The van der Waals surface area contributed by atoms with E-state index in [0.29, 0.717) is 11.3 Å². The fourth-order valence-electron chi connectivity index (χ4n) is 1.61. The molecule has 2 N–H and O–H groups in total. The Morgan fingerprint density at radius 1 is 1.15 bits per heavy atom. The highest BCUT2D eigenvalue weighted by molar-refractivity contribution is 6.31. The van der Waals surface area contributed by atoms with Gasteiger partial charge in [-0.15, -0.1) is 6.42 Å². The van der Waals surface area contributed by atoms with Gasteiger partial charge in [0.05, 0.1) is 0 Å². The molecule has 1 aliphatic rings. The van der Waals surface area contributed by atoms with E-state index in [2.05, 4.69) is 5.92 Å². The summed E-state index contributed by atoms with van der Waals surface area (Å²) in [4.78, 5) is 34.2. The summed E-state index contributed by atoms with van der Waals surface area (Å²) < 4.78 is 5.31. The van der Waals surface area contributed by atoms with Gasteiger partial charge in [-0.1, -0.05) is 24.1 Å². The normalized spacial score (nSPS) is 14.2. The summed E-state index contributed by atoms with van der Waals surface area (Å²) in [6.45, 7) is 0.0665. The fourth-order valence-corrected chi connectivity index (χ4v) is 1.61. The molecule has 1 fully saturated rings. The minimum Gasteiger partial charge on any atom is -0.480 e. The van der Waals surface area contributed by atoms with Crippen LogP contribution in [0, 0.1) is 12.3 Å². The molecule has 1 aliphatic heterocycles. The summed E-state index contributed by atoms with van der Waals surface area (Å²) in [7, 11) is 0. The van der Waals surface area contributed by atoms with E-state index in [-0.39, 0.29) is 12.2 Å². The molecule has 2 rings (SSSR count). The second-order valence-electron chi connectivity index (χ2n) is 3.83. The van der Waals surface area contributed by atoms with Gasteiger partial charge in [-0.05, 0) is 12.1 Å². The van der Waals surface area contributed by atoms with Crippen LogP contribution in [0.2, 0.25) is 0 Å². The highest BCUT2D eigenvalue weighted by Crippen LogP contribution is 2.21. The summed E-state index contributed by atoms with van der Waals surface area (Å²) in [5.41, 5.74) is 0.332. The second-order valence-corrected chi connectivity index (χ2v) is 3.83. The summed E-state index contributed by atoms with van der Waals surface area (Å²) in [5, 5.41) is 3.98. The average molecular weight is 270 g/mol. The predicted octanol–water partition coefficient (Wildman–Crippen LogP) is 0.448. The molecule has 0 aliphatic carbocycles. The number of rotatable bonds is 3. The van der Waals surface area contributed by atoms with Gasteiger partial charge in [-0.2, -0.15) is 0 Å². The van der Waals surface area contributed by atoms with Crippen LogP contribution in [-0.4, -0.2) is 24.5 Å². The number of amides is 4. The maximum absolute atomic E-state index is 11.6. The monoisotopic (exact) mass is 270 g/mol. The van der Waals surface area contributed by atoms with Crippen LogP contribution in [0.1, 0.15) is 5.56 Å². The standard InChI is InChI=1S/C14H10N2O4/c1-2-7-20-11-6-4-3-5-9(11)8-10-12(17)15-14(19)16-13(10)18/h1,3-6,8H,7H2,(H2,15,16,17,18,19). The largest absolute Gasteiger partial charge is 0.480 e. The van der Waals surface area contributed by atoms with Crippen LogP contribution < -0.4 is 15.4 Å². The summed E-state index contributed by atoms with van der Waals surface area (Å²) in [6, 6.07) is 5.94. The Labute approximate surface area is 114 Å². The number of para-hydroxylation sites is 1. The van der Waals surface area contributed by atoms with Crippen molar-refractivity contribution in [2.45, 2.75) is 0 Å². The Kier molecular flexibility index (Phi) is 3.82. The van der Waals surface area contributed by atoms with Gasteiger partial charge in [0, 0.05) is 5.56 Å². The lowest BCUT2D eigenvalue weighted by Crippen LogP contribution is -2.51. The number of carbonyl (C=O) groups excluding carboxylic acids is 3. The number of carbonyl (C=O) groups is 3. The first-order chi connectivity index (χ1) is 9.61. The maximum Gasteiger partial charge on any atom is 0.328 e. The van der Waals surface area contributed by atoms with E-state index in [0.717, 1.165) is 0 Å². The number of imide groups is 2. The van der Waals surface area contributed by atoms with Crippen molar-refractivity contribution in [1.29, 1.82) is 0 Å². The van der Waals surface area contributed by atoms with Crippen LogP contribution in [0.4, 0.5) is 4.79 Å². The van der Waals surface area contributed by atoms with Crippen molar-refractivity contribution in [2.24, 2.45) is 0 Å². The Hall–Kier alpha value is -3.07. The highest BCUT2D eigenvalue weighted by Gasteiger charge is 2.27. The maximum atomic E-state index is 11.6. The molecular formula is C14H10N2O4. The van der Waals surface area contributed by atoms with E-state index >= 15 is 0 Å². The molecule has 0 radical (unpaired) electrons. The van der Waals surface area contributed by atoms with Gasteiger partial charge in [-0.3, -0.25) is 20.2 Å². The molecule has 1 aromatic rings. The van der Waals surface area contributed by atoms with E-state index in [9.17, 15) is 14.4 Å². The third kappa shape index (κ3) is 2.84.